The highest BCUT2D eigenvalue weighted by Gasteiger charge is 2.34. The molecule has 4 aromatic rings. The molecule has 0 radical (unpaired) electrons. The quantitative estimate of drug-likeness (QED) is 0.171. The van der Waals surface area contributed by atoms with Gasteiger partial charge in [-0.15, -0.1) is 0 Å². The molecule has 7 N–H and O–H groups in total. The summed E-state index contributed by atoms with van der Waals surface area (Å²) in [5, 5.41) is 69.7. The lowest BCUT2D eigenvalue weighted by atomic mass is 9.70. The number of phenols is 7. The van der Waals surface area contributed by atoms with Crippen molar-refractivity contribution in [3.8, 4) is 40.2 Å². The van der Waals surface area contributed by atoms with Crippen molar-refractivity contribution in [2.45, 2.75) is 18.8 Å². The first-order chi connectivity index (χ1) is 16.1. The lowest BCUT2D eigenvalue weighted by molar-refractivity contribution is 0.364. The third-order valence-electron chi connectivity index (χ3n) is 6.17. The van der Waals surface area contributed by atoms with Crippen molar-refractivity contribution in [2.75, 3.05) is 0 Å². The molecule has 4 aromatic carbocycles. The maximum Gasteiger partial charge on any atom is 0.200 e. The van der Waals surface area contributed by atoms with Crippen molar-refractivity contribution in [1.29, 1.82) is 0 Å². The van der Waals surface area contributed by atoms with Crippen LogP contribution in [0.2, 0.25) is 0 Å². The molecule has 7 heteroatoms. The highest BCUT2D eigenvalue weighted by atomic mass is 16.3. The van der Waals surface area contributed by atoms with Gasteiger partial charge in [-0.25, -0.2) is 0 Å². The van der Waals surface area contributed by atoms with Gasteiger partial charge < -0.3 is 35.7 Å². The molecular formula is C27H24O7. The second-order valence-corrected chi connectivity index (χ2v) is 8.39. The second-order valence-electron chi connectivity index (χ2n) is 8.39. The molecule has 0 amide bonds. The minimum Gasteiger partial charge on any atom is -0.508 e. The molecule has 174 valence electrons. The lowest BCUT2D eigenvalue weighted by Gasteiger charge is -2.32. The molecule has 0 aliphatic carbocycles. The average molecular weight is 460 g/mol. The van der Waals surface area contributed by atoms with Gasteiger partial charge in [0.15, 0.2) is 34.5 Å². The maximum atomic E-state index is 10.2. The monoisotopic (exact) mass is 460 g/mol. The number of rotatable bonds is 5. The molecule has 4 rings (SSSR count). The van der Waals surface area contributed by atoms with Crippen LogP contribution < -0.4 is 0 Å². The molecule has 0 saturated carbocycles. The van der Waals surface area contributed by atoms with Gasteiger partial charge in [-0.2, -0.15) is 0 Å². The maximum absolute atomic E-state index is 10.2. The van der Waals surface area contributed by atoms with Crippen molar-refractivity contribution in [3.05, 3.63) is 101 Å². The molecule has 0 bridgehead atoms. The van der Waals surface area contributed by atoms with E-state index in [2.05, 4.69) is 0 Å². The van der Waals surface area contributed by atoms with E-state index < -0.39 is 39.9 Å². The summed E-state index contributed by atoms with van der Waals surface area (Å²) in [4.78, 5) is 0. The van der Waals surface area contributed by atoms with Gasteiger partial charge >= 0.3 is 0 Å². The Morgan fingerprint density at radius 1 is 0.500 bits per heavy atom. The summed E-state index contributed by atoms with van der Waals surface area (Å²) in [5.41, 5.74) is 2.31. The van der Waals surface area contributed by atoms with Crippen LogP contribution in [0.3, 0.4) is 0 Å². The Labute approximate surface area is 195 Å². The van der Waals surface area contributed by atoms with Crippen LogP contribution in [-0.4, -0.2) is 35.7 Å². The number of hydrogen-bond acceptors (Lipinski definition) is 7. The first-order valence-electron chi connectivity index (χ1n) is 10.5. The third-order valence-corrected chi connectivity index (χ3v) is 6.17. The van der Waals surface area contributed by atoms with Gasteiger partial charge in [0.1, 0.15) is 5.75 Å². The molecule has 0 aliphatic heterocycles. The Bertz CT molecular complexity index is 1240. The average Bonchev–Trinajstić information content (AvgIpc) is 2.81. The van der Waals surface area contributed by atoms with Crippen LogP contribution in [0.25, 0.3) is 0 Å². The number of aromatic hydroxyl groups is 7. The van der Waals surface area contributed by atoms with Crippen molar-refractivity contribution in [3.63, 3.8) is 0 Å². The molecular weight excluding hydrogens is 436 g/mol. The first-order valence-corrected chi connectivity index (χ1v) is 10.5. The predicted octanol–water partition coefficient (Wildman–Crippen LogP) is 4.57. The highest BCUT2D eigenvalue weighted by molar-refractivity contribution is 5.62. The van der Waals surface area contributed by atoms with E-state index in [0.717, 1.165) is 11.1 Å². The molecule has 0 unspecified atom stereocenters. The van der Waals surface area contributed by atoms with E-state index in [1.54, 1.807) is 19.1 Å². The lowest BCUT2D eigenvalue weighted by Crippen LogP contribution is -2.25. The molecule has 0 spiro atoms. The number of benzene rings is 4. The summed E-state index contributed by atoms with van der Waals surface area (Å²) in [6, 6.07) is 19.6. The SMILES string of the molecule is CC(c1ccc(Cc2ccc(O)cc2)cc1)(c1cc(O)c(O)c(O)c1)c1cc(O)c(O)c(O)c1. The number of phenolic OH excluding ortho intramolecular Hbond substituents is 7. The van der Waals surface area contributed by atoms with E-state index in [0.29, 0.717) is 23.1 Å². The molecule has 0 aromatic heterocycles. The molecule has 7 nitrogen and oxygen atoms in total. The summed E-state index contributed by atoms with van der Waals surface area (Å²) in [5.74, 6) is -3.25. The Balaban J connectivity index is 1.84. The van der Waals surface area contributed by atoms with E-state index >= 15 is 0 Å². The van der Waals surface area contributed by atoms with Crippen LogP contribution in [0, 0.1) is 0 Å². The zero-order valence-electron chi connectivity index (χ0n) is 18.3. The van der Waals surface area contributed by atoms with Crippen LogP contribution in [0.4, 0.5) is 0 Å². The minimum absolute atomic E-state index is 0.190. The fourth-order valence-electron chi connectivity index (χ4n) is 4.09. The van der Waals surface area contributed by atoms with Gasteiger partial charge in [-0.05, 0) is 77.6 Å². The van der Waals surface area contributed by atoms with Gasteiger partial charge in [0.05, 0.1) is 0 Å². The van der Waals surface area contributed by atoms with Gasteiger partial charge in [0.25, 0.3) is 0 Å². The normalized spacial score (nSPS) is 11.4. The number of hydrogen-bond donors (Lipinski definition) is 7. The molecule has 34 heavy (non-hydrogen) atoms. The van der Waals surface area contributed by atoms with Crippen molar-refractivity contribution >= 4 is 0 Å². The summed E-state index contributed by atoms with van der Waals surface area (Å²) in [7, 11) is 0. The molecule has 0 heterocycles. The zero-order valence-corrected chi connectivity index (χ0v) is 18.3. The van der Waals surface area contributed by atoms with Gasteiger partial charge in [0, 0.05) is 5.41 Å². The van der Waals surface area contributed by atoms with Crippen LogP contribution in [0.5, 0.6) is 40.2 Å². The summed E-state index contributed by atoms with van der Waals surface area (Å²) in [6.45, 7) is 1.76. The molecule has 0 fully saturated rings. The van der Waals surface area contributed by atoms with E-state index in [-0.39, 0.29) is 5.75 Å². The van der Waals surface area contributed by atoms with Crippen molar-refractivity contribution in [1.82, 2.24) is 0 Å². The fourth-order valence-corrected chi connectivity index (χ4v) is 4.09. The standard InChI is InChI=1S/C27H24O7/c1-27(18-11-21(29)25(33)22(30)12-18,19-13-23(31)26(34)24(32)14-19)17-6-2-15(3-7-17)10-16-4-8-20(28)9-5-16/h2-9,11-14,28-34H,10H2,1H3. The topological polar surface area (TPSA) is 142 Å². The Morgan fingerprint density at radius 3 is 1.24 bits per heavy atom. The van der Waals surface area contributed by atoms with E-state index in [4.69, 9.17) is 0 Å². The molecule has 0 aliphatic rings. The van der Waals surface area contributed by atoms with Crippen LogP contribution in [-0.2, 0) is 11.8 Å². The molecule has 0 saturated heterocycles. The van der Waals surface area contributed by atoms with E-state index in [9.17, 15) is 35.7 Å². The largest absolute Gasteiger partial charge is 0.508 e. The van der Waals surface area contributed by atoms with Gasteiger partial charge in [0.2, 0.25) is 0 Å². The van der Waals surface area contributed by atoms with Gasteiger partial charge in [-0.3, -0.25) is 0 Å². The van der Waals surface area contributed by atoms with Crippen LogP contribution in [0.15, 0.2) is 72.8 Å². The van der Waals surface area contributed by atoms with Gasteiger partial charge in [-0.1, -0.05) is 36.4 Å². The second kappa shape index (κ2) is 8.44. The van der Waals surface area contributed by atoms with Crippen molar-refractivity contribution < 1.29 is 35.7 Å². The summed E-state index contributed by atoms with van der Waals surface area (Å²) >= 11 is 0. The Hall–Kier alpha value is -4.52. The molecule has 0 atom stereocenters. The van der Waals surface area contributed by atoms with E-state index in [1.165, 1.54) is 24.3 Å². The third kappa shape index (κ3) is 3.99. The highest BCUT2D eigenvalue weighted by Crippen LogP contribution is 2.48. The minimum atomic E-state index is -1.12. The Morgan fingerprint density at radius 2 is 0.853 bits per heavy atom. The Kier molecular flexibility index (Phi) is 5.63. The summed E-state index contributed by atoms with van der Waals surface area (Å²) < 4.78 is 0. The van der Waals surface area contributed by atoms with Crippen LogP contribution >= 0.6 is 0 Å². The fraction of sp³-hybridized carbons (Fsp3) is 0.111. The van der Waals surface area contributed by atoms with Crippen molar-refractivity contribution in [2.24, 2.45) is 0 Å². The smallest absolute Gasteiger partial charge is 0.200 e. The zero-order chi connectivity index (χ0) is 24.6. The van der Waals surface area contributed by atoms with Crippen LogP contribution in [0.1, 0.15) is 34.7 Å². The van der Waals surface area contributed by atoms with E-state index in [1.807, 2.05) is 36.4 Å². The first kappa shape index (κ1) is 22.7. The summed E-state index contributed by atoms with van der Waals surface area (Å²) in [6.07, 6.45) is 0.624. The predicted molar refractivity (Wildman–Crippen MR) is 126 cm³/mol.